The molecule has 8 heteroatoms. The molecule has 0 aromatic heterocycles. The summed E-state index contributed by atoms with van der Waals surface area (Å²) in [5, 5.41) is 3.00. The zero-order valence-electron chi connectivity index (χ0n) is 15.8. The molecule has 0 atom stereocenters. The molecule has 4 N–H and O–H groups in total. The third kappa shape index (κ3) is 6.92. The topological polar surface area (TPSA) is 106 Å². The first-order valence-corrected chi connectivity index (χ1v) is 10.2. The standard InChI is InChI=1S/C19H26N4O3S/c1-14(2)23-27(24,25)13-16-7-5-4-6-15(16)12-21-19(20)22-17-8-10-18(26-3)11-9-17/h4-11,14,23H,12-13H2,1-3H3,(H3,20,21,22). The molecule has 0 aliphatic heterocycles. The Morgan fingerprint density at radius 2 is 1.74 bits per heavy atom. The molecule has 2 aromatic rings. The fraction of sp³-hybridized carbons (Fsp3) is 0.316. The van der Waals surface area contributed by atoms with E-state index in [1.807, 2.05) is 42.5 Å². The van der Waals surface area contributed by atoms with Crippen LogP contribution in [0.25, 0.3) is 0 Å². The number of benzene rings is 2. The Bertz CT molecular complexity index is 878. The molecule has 0 bridgehead atoms. The number of hydrogen-bond donors (Lipinski definition) is 3. The van der Waals surface area contributed by atoms with E-state index in [4.69, 9.17) is 10.5 Å². The number of guanidine groups is 1. The lowest BCUT2D eigenvalue weighted by Crippen LogP contribution is -2.31. The maximum Gasteiger partial charge on any atom is 0.216 e. The highest BCUT2D eigenvalue weighted by molar-refractivity contribution is 7.88. The predicted octanol–water partition coefficient (Wildman–Crippen LogP) is 2.45. The molecular weight excluding hydrogens is 364 g/mol. The number of nitrogens with one attached hydrogen (secondary N) is 2. The van der Waals surface area contributed by atoms with Crippen LogP contribution in [0.1, 0.15) is 25.0 Å². The molecule has 2 aromatic carbocycles. The van der Waals surface area contributed by atoms with Crippen molar-refractivity contribution in [3.8, 4) is 5.75 Å². The molecular formula is C19H26N4O3S. The number of nitrogens with two attached hydrogens (primary N) is 1. The quantitative estimate of drug-likeness (QED) is 0.474. The second-order valence-electron chi connectivity index (χ2n) is 6.36. The van der Waals surface area contributed by atoms with Gasteiger partial charge in [-0.1, -0.05) is 24.3 Å². The van der Waals surface area contributed by atoms with Crippen LogP contribution < -0.4 is 20.5 Å². The smallest absolute Gasteiger partial charge is 0.216 e. The minimum absolute atomic E-state index is 0.0946. The van der Waals surface area contributed by atoms with E-state index in [-0.39, 0.29) is 24.3 Å². The van der Waals surface area contributed by atoms with Crippen molar-refractivity contribution in [3.05, 3.63) is 59.7 Å². The summed E-state index contributed by atoms with van der Waals surface area (Å²) < 4.78 is 32.1. The van der Waals surface area contributed by atoms with E-state index in [2.05, 4.69) is 15.0 Å². The zero-order chi connectivity index (χ0) is 19.9. The lowest BCUT2D eigenvalue weighted by atomic mass is 10.1. The second kappa shape index (κ2) is 9.38. The summed E-state index contributed by atoms with van der Waals surface area (Å²) >= 11 is 0. The fourth-order valence-electron chi connectivity index (χ4n) is 2.49. The predicted molar refractivity (Wildman–Crippen MR) is 109 cm³/mol. The monoisotopic (exact) mass is 390 g/mol. The van der Waals surface area contributed by atoms with Gasteiger partial charge in [-0.2, -0.15) is 0 Å². The Balaban J connectivity index is 2.07. The van der Waals surface area contributed by atoms with Gasteiger partial charge in [-0.3, -0.25) is 0 Å². The molecule has 0 aliphatic carbocycles. The van der Waals surface area contributed by atoms with E-state index < -0.39 is 10.0 Å². The summed E-state index contributed by atoms with van der Waals surface area (Å²) in [6.45, 7) is 3.86. The molecule has 7 nitrogen and oxygen atoms in total. The van der Waals surface area contributed by atoms with Gasteiger partial charge in [0.2, 0.25) is 10.0 Å². The molecule has 146 valence electrons. The van der Waals surface area contributed by atoms with Crippen molar-refractivity contribution in [2.75, 3.05) is 12.4 Å². The van der Waals surface area contributed by atoms with Crippen LogP contribution in [0.15, 0.2) is 53.5 Å². The lowest BCUT2D eigenvalue weighted by Gasteiger charge is -2.12. The second-order valence-corrected chi connectivity index (χ2v) is 8.11. The number of anilines is 1. The minimum Gasteiger partial charge on any atom is -0.497 e. The highest BCUT2D eigenvalue weighted by atomic mass is 32.2. The van der Waals surface area contributed by atoms with Crippen LogP contribution in [0, 0.1) is 0 Å². The van der Waals surface area contributed by atoms with E-state index >= 15 is 0 Å². The van der Waals surface area contributed by atoms with E-state index in [9.17, 15) is 8.42 Å². The average molecular weight is 391 g/mol. The number of rotatable bonds is 8. The Morgan fingerprint density at radius 3 is 2.33 bits per heavy atom. The number of methoxy groups -OCH3 is 1. The summed E-state index contributed by atoms with van der Waals surface area (Å²) in [5.41, 5.74) is 8.24. The molecule has 0 radical (unpaired) electrons. The van der Waals surface area contributed by atoms with Crippen molar-refractivity contribution in [1.29, 1.82) is 0 Å². The van der Waals surface area contributed by atoms with E-state index in [0.29, 0.717) is 5.56 Å². The third-order valence-electron chi connectivity index (χ3n) is 3.66. The zero-order valence-corrected chi connectivity index (χ0v) is 16.6. The van der Waals surface area contributed by atoms with Crippen LogP contribution in [0.2, 0.25) is 0 Å². The maximum absolute atomic E-state index is 12.2. The van der Waals surface area contributed by atoms with Crippen LogP contribution in [-0.4, -0.2) is 27.5 Å². The van der Waals surface area contributed by atoms with Crippen molar-refractivity contribution in [3.63, 3.8) is 0 Å². The van der Waals surface area contributed by atoms with Crippen molar-refractivity contribution in [2.24, 2.45) is 10.7 Å². The summed E-state index contributed by atoms with van der Waals surface area (Å²) in [7, 11) is -1.80. The average Bonchev–Trinajstić information content (AvgIpc) is 2.60. The summed E-state index contributed by atoms with van der Waals surface area (Å²) in [5.74, 6) is 0.905. The molecule has 2 rings (SSSR count). The first-order chi connectivity index (χ1) is 12.8. The molecule has 0 saturated carbocycles. The van der Waals surface area contributed by atoms with Gasteiger partial charge in [0.1, 0.15) is 5.75 Å². The number of ether oxygens (including phenoxy) is 1. The first kappa shape index (κ1) is 20.7. The van der Waals surface area contributed by atoms with Crippen molar-refractivity contribution < 1.29 is 13.2 Å². The minimum atomic E-state index is -3.41. The summed E-state index contributed by atoms with van der Waals surface area (Å²) in [6.07, 6.45) is 0. The van der Waals surface area contributed by atoms with Gasteiger partial charge < -0.3 is 15.8 Å². The van der Waals surface area contributed by atoms with E-state index in [1.165, 1.54) is 0 Å². The maximum atomic E-state index is 12.2. The fourth-order valence-corrected chi connectivity index (χ4v) is 3.98. The van der Waals surface area contributed by atoms with Crippen LogP contribution in [0.3, 0.4) is 0 Å². The summed E-state index contributed by atoms with van der Waals surface area (Å²) in [4.78, 5) is 4.32. The van der Waals surface area contributed by atoms with Crippen LogP contribution in [0.5, 0.6) is 5.75 Å². The lowest BCUT2D eigenvalue weighted by molar-refractivity contribution is 0.415. The van der Waals surface area contributed by atoms with Crippen LogP contribution in [-0.2, 0) is 22.3 Å². The van der Waals surface area contributed by atoms with Gasteiger partial charge in [0, 0.05) is 11.7 Å². The highest BCUT2D eigenvalue weighted by Crippen LogP contribution is 2.16. The molecule has 0 saturated heterocycles. The third-order valence-corrected chi connectivity index (χ3v) is 5.18. The van der Waals surface area contributed by atoms with Crippen molar-refractivity contribution >= 4 is 21.7 Å². The normalized spacial score (nSPS) is 12.2. The van der Waals surface area contributed by atoms with Crippen molar-refractivity contribution in [1.82, 2.24) is 4.72 Å². The Morgan fingerprint density at radius 1 is 1.11 bits per heavy atom. The van der Waals surface area contributed by atoms with Gasteiger partial charge in [0.25, 0.3) is 0 Å². The molecule has 0 unspecified atom stereocenters. The van der Waals surface area contributed by atoms with Crippen LogP contribution in [0.4, 0.5) is 5.69 Å². The van der Waals surface area contributed by atoms with Crippen LogP contribution >= 0.6 is 0 Å². The molecule has 0 aliphatic rings. The van der Waals surface area contributed by atoms with E-state index in [1.54, 1.807) is 27.0 Å². The SMILES string of the molecule is COc1ccc(NC(N)=NCc2ccccc2CS(=O)(=O)NC(C)C)cc1. The highest BCUT2D eigenvalue weighted by Gasteiger charge is 2.15. The number of nitrogens with zero attached hydrogens (tertiary/aromatic N) is 1. The Labute approximate surface area is 160 Å². The van der Waals surface area contributed by atoms with Gasteiger partial charge in [-0.25, -0.2) is 18.1 Å². The van der Waals surface area contributed by atoms with Gasteiger partial charge in [0.15, 0.2) is 5.96 Å². The Hall–Kier alpha value is -2.58. The van der Waals surface area contributed by atoms with Gasteiger partial charge >= 0.3 is 0 Å². The number of sulfonamides is 1. The van der Waals surface area contributed by atoms with Gasteiger partial charge in [-0.15, -0.1) is 0 Å². The van der Waals surface area contributed by atoms with E-state index in [0.717, 1.165) is 17.0 Å². The molecule has 0 spiro atoms. The molecule has 0 fully saturated rings. The summed E-state index contributed by atoms with van der Waals surface area (Å²) in [6, 6.07) is 14.5. The number of hydrogen-bond acceptors (Lipinski definition) is 4. The molecule has 0 amide bonds. The van der Waals surface area contributed by atoms with Gasteiger partial charge in [-0.05, 0) is 49.2 Å². The Kier molecular flexibility index (Phi) is 7.20. The number of aliphatic imine (C=N–C) groups is 1. The molecule has 27 heavy (non-hydrogen) atoms. The van der Waals surface area contributed by atoms with Crippen molar-refractivity contribution in [2.45, 2.75) is 32.2 Å². The first-order valence-electron chi connectivity index (χ1n) is 8.57. The molecule has 0 heterocycles. The van der Waals surface area contributed by atoms with Gasteiger partial charge in [0.05, 0.1) is 19.4 Å². The largest absolute Gasteiger partial charge is 0.497 e.